The summed E-state index contributed by atoms with van der Waals surface area (Å²) in [5.41, 5.74) is 13.1. The number of nitrogens with two attached hydrogens (primary N) is 2. The van der Waals surface area contributed by atoms with E-state index in [2.05, 4.69) is 59.3 Å². The van der Waals surface area contributed by atoms with E-state index < -0.39 is 54.1 Å². The third-order valence-corrected chi connectivity index (χ3v) is 15.1. The molecule has 0 saturated carbocycles. The van der Waals surface area contributed by atoms with E-state index in [9.17, 15) is 33.6 Å². The molecule has 8 amide bonds. The molecule has 0 aliphatic carbocycles. The molecule has 9 N–H and O–H groups in total. The first-order chi connectivity index (χ1) is 39.7. The van der Waals surface area contributed by atoms with Crippen LogP contribution in [0.15, 0.2) is 66.2 Å². The van der Waals surface area contributed by atoms with Crippen LogP contribution in [0, 0.1) is 17.8 Å². The Balaban J connectivity index is 0.00000407. The highest BCUT2D eigenvalue weighted by molar-refractivity contribution is 7.09. The Morgan fingerprint density at radius 1 is 0.831 bits per heavy atom. The number of primary amides is 1. The number of carbonyl (C=O) groups is 7. The number of carbonyl (C=O) groups excluding carboxylic acids is 7. The van der Waals surface area contributed by atoms with E-state index in [0.29, 0.717) is 50.9 Å². The summed E-state index contributed by atoms with van der Waals surface area (Å²) in [5, 5.41) is 16.7. The van der Waals surface area contributed by atoms with Gasteiger partial charge in [0.1, 0.15) is 11.0 Å². The third kappa shape index (κ3) is 26.2. The Kier molecular flexibility index (Phi) is 37.9. The van der Waals surface area contributed by atoms with Crippen molar-refractivity contribution in [1.29, 1.82) is 0 Å². The summed E-state index contributed by atoms with van der Waals surface area (Å²) in [6.45, 7) is 23.0. The minimum absolute atomic E-state index is 0.00196. The summed E-state index contributed by atoms with van der Waals surface area (Å²) < 4.78 is 12.1. The Bertz CT molecular complexity index is 2310. The number of urea groups is 1. The molecular formula is C62H105N11O9S. The van der Waals surface area contributed by atoms with Gasteiger partial charge in [0.2, 0.25) is 35.4 Å². The molecule has 1 saturated heterocycles. The lowest BCUT2D eigenvalue weighted by molar-refractivity contribution is -0.146. The van der Waals surface area contributed by atoms with E-state index in [1.165, 1.54) is 24.2 Å². The number of nitrogens with zero attached hydrogens (tertiary/aromatic N) is 4. The van der Waals surface area contributed by atoms with Gasteiger partial charge in [0, 0.05) is 58.2 Å². The lowest BCUT2D eigenvalue weighted by Gasteiger charge is -2.39. The van der Waals surface area contributed by atoms with E-state index in [1.807, 2.05) is 113 Å². The van der Waals surface area contributed by atoms with Crippen LogP contribution in [0.3, 0.4) is 0 Å². The second kappa shape index (κ2) is 41.9. The molecule has 20 nitrogen and oxygen atoms in total. The highest BCUT2D eigenvalue weighted by atomic mass is 32.1. The average molecular weight is 1180 g/mol. The average Bonchev–Trinajstić information content (AvgIpc) is 4.28. The topological polar surface area (TPSA) is 273 Å². The quantitative estimate of drug-likeness (QED) is 0.0309. The van der Waals surface area contributed by atoms with Crippen LogP contribution in [-0.4, -0.2) is 159 Å². The maximum atomic E-state index is 14.4. The predicted octanol–water partition coefficient (Wildman–Crippen LogP) is 7.47. The summed E-state index contributed by atoms with van der Waals surface area (Å²) in [5.74, 6) is -2.64. The van der Waals surface area contributed by atoms with Crippen molar-refractivity contribution in [2.45, 2.75) is 183 Å². The van der Waals surface area contributed by atoms with E-state index in [0.717, 1.165) is 22.6 Å². The number of hydrogen-bond donors (Lipinski definition) is 7. The first kappa shape index (κ1) is 75.0. The van der Waals surface area contributed by atoms with Gasteiger partial charge in [-0.15, -0.1) is 11.3 Å². The maximum Gasteiger partial charge on any atom is 0.312 e. The Morgan fingerprint density at radius 3 is 2.01 bits per heavy atom. The van der Waals surface area contributed by atoms with E-state index in [-0.39, 0.29) is 80.0 Å². The van der Waals surface area contributed by atoms with Crippen LogP contribution in [0.25, 0.3) is 0 Å². The number of aromatic nitrogens is 1. The molecule has 9 atom stereocenters. The number of benzene rings is 2. The zero-order chi connectivity index (χ0) is 62.6. The molecule has 1 aromatic heterocycles. The van der Waals surface area contributed by atoms with Crippen molar-refractivity contribution in [2.24, 2.45) is 29.2 Å². The number of nitrogens with one attached hydrogen (secondary N) is 5. The van der Waals surface area contributed by atoms with Crippen molar-refractivity contribution in [1.82, 2.24) is 41.0 Å². The molecule has 2 heterocycles. The standard InChI is InChI=1S/C54H83N11O9S.2C3H8.C2H6/c1-10-35(4)48(43(73-8)31-45(67)65-27-15-19-42(65)49(74-9)36(5)50(69)62-41(53-57-26-29-75-53)30-38-16-12-11-13-17-38)64(7)46(68)33-59-52(71)47(34(2)3)63(6)28-24-37-20-22-39(23-21-37)60-51(70)40(61-44(66)32-55)18-14-25-58-54(56)72;2*1-3-2;1-2/h11-13,16-17,20-23,26,29,34-36,40-43,47-49H,10,14-15,18-19,24-25,27-28,30-33,55H2,1-9H3,(H,59,71)(H,60,70)(H,61,66)(H,62,69)(H3,56,58,72);2*3H2,1-2H3;1-2H3/t35-,36+,40-,41-,42-,43+,47?,48?,49+;;;/m0.../s1. The van der Waals surface area contributed by atoms with E-state index in [1.54, 1.807) is 44.5 Å². The van der Waals surface area contributed by atoms with Gasteiger partial charge < -0.3 is 57.3 Å². The monoisotopic (exact) mass is 1180 g/mol. The number of rotatable bonds is 31. The largest absolute Gasteiger partial charge is 0.379 e. The van der Waals surface area contributed by atoms with Gasteiger partial charge in [-0.2, -0.15) is 0 Å². The summed E-state index contributed by atoms with van der Waals surface area (Å²) in [4.78, 5) is 102. The first-order valence-corrected chi connectivity index (χ1v) is 30.8. The van der Waals surface area contributed by atoms with Gasteiger partial charge in [-0.05, 0) is 80.7 Å². The molecule has 83 heavy (non-hydrogen) atoms. The molecule has 1 fully saturated rings. The number of likely N-dealkylation sites (tertiary alicyclic amines) is 1. The Labute approximate surface area is 501 Å². The number of thiazole rings is 1. The third-order valence-electron chi connectivity index (χ3n) is 14.2. The van der Waals surface area contributed by atoms with Crippen molar-refractivity contribution >= 4 is 58.5 Å². The van der Waals surface area contributed by atoms with Crippen LogP contribution >= 0.6 is 11.3 Å². The number of hydrogen-bond acceptors (Lipinski definition) is 13. The van der Waals surface area contributed by atoms with Gasteiger partial charge >= 0.3 is 6.03 Å². The van der Waals surface area contributed by atoms with Crippen LogP contribution in [0.5, 0.6) is 0 Å². The Morgan fingerprint density at radius 2 is 1.47 bits per heavy atom. The van der Waals surface area contributed by atoms with Gasteiger partial charge in [0.25, 0.3) is 0 Å². The number of ether oxygens (including phenoxy) is 2. The van der Waals surface area contributed by atoms with Crippen LogP contribution in [0.2, 0.25) is 0 Å². The van der Waals surface area contributed by atoms with Crippen molar-refractivity contribution in [2.75, 3.05) is 66.4 Å². The summed E-state index contributed by atoms with van der Waals surface area (Å²) in [6, 6.07) is 13.9. The zero-order valence-electron chi connectivity index (χ0n) is 52.8. The van der Waals surface area contributed by atoms with Crippen LogP contribution in [0.1, 0.15) is 150 Å². The van der Waals surface area contributed by atoms with Crippen molar-refractivity contribution in [3.05, 3.63) is 82.3 Å². The van der Waals surface area contributed by atoms with Crippen molar-refractivity contribution in [3.8, 4) is 0 Å². The lowest BCUT2D eigenvalue weighted by Crippen LogP contribution is -2.55. The predicted molar refractivity (Wildman–Crippen MR) is 333 cm³/mol. The fourth-order valence-electron chi connectivity index (χ4n) is 9.96. The highest BCUT2D eigenvalue weighted by Crippen LogP contribution is 2.30. The van der Waals surface area contributed by atoms with Gasteiger partial charge in [-0.3, -0.25) is 33.7 Å². The Hall–Kier alpha value is -6.00. The summed E-state index contributed by atoms with van der Waals surface area (Å²) in [6.07, 6.45) is 6.89. The number of amides is 8. The molecule has 0 spiro atoms. The van der Waals surface area contributed by atoms with Crippen molar-refractivity contribution < 1.29 is 43.0 Å². The zero-order valence-corrected chi connectivity index (χ0v) is 53.6. The second-order valence-electron chi connectivity index (χ2n) is 21.3. The molecule has 1 aliphatic rings. The van der Waals surface area contributed by atoms with Gasteiger partial charge in [-0.25, -0.2) is 9.78 Å². The van der Waals surface area contributed by atoms with Gasteiger partial charge in [0.15, 0.2) is 0 Å². The normalized spacial score (nSPS) is 15.6. The molecule has 21 heteroatoms. The van der Waals surface area contributed by atoms with Crippen molar-refractivity contribution in [3.63, 3.8) is 0 Å². The van der Waals surface area contributed by atoms with Crippen LogP contribution < -0.4 is 38.1 Å². The van der Waals surface area contributed by atoms with Crippen LogP contribution in [-0.2, 0) is 51.1 Å². The first-order valence-electron chi connectivity index (χ1n) is 29.9. The fraction of sp³-hybridized carbons (Fsp3) is 0.645. The molecule has 3 aromatic rings. The smallest absolute Gasteiger partial charge is 0.312 e. The SMILES string of the molecule is CC.CCC.CCC.CC[C@H](C)C([C@@H](CC(=O)N1CCC[C@H]1[C@H](OC)[C@@H](C)C(=O)N[C@@H](Cc1ccccc1)c1nccs1)OC)N(C)C(=O)CNC(=O)C(C(C)C)N(C)CCc1ccc(NC(=O)[C@H](CCCNC(N)=O)NC(=O)CN)cc1. The minimum Gasteiger partial charge on any atom is -0.379 e. The van der Waals surface area contributed by atoms with Gasteiger partial charge in [0.05, 0.1) is 61.8 Å². The second-order valence-corrected chi connectivity index (χ2v) is 22.2. The molecule has 0 bridgehead atoms. The highest BCUT2D eigenvalue weighted by Gasteiger charge is 2.42. The molecule has 1 aliphatic heterocycles. The van der Waals surface area contributed by atoms with Gasteiger partial charge in [-0.1, -0.05) is 138 Å². The summed E-state index contributed by atoms with van der Waals surface area (Å²) >= 11 is 1.49. The maximum absolute atomic E-state index is 14.4. The number of anilines is 1. The molecular weight excluding hydrogens is 1070 g/mol. The molecule has 2 unspecified atom stereocenters. The fourth-order valence-corrected chi connectivity index (χ4v) is 10.6. The molecule has 2 aromatic carbocycles. The van der Waals surface area contributed by atoms with E-state index >= 15 is 0 Å². The lowest BCUT2D eigenvalue weighted by atomic mass is 9.90. The molecule has 468 valence electrons. The minimum atomic E-state index is -0.874. The molecule has 4 rings (SSSR count). The number of likely N-dealkylation sites (N-methyl/N-ethyl adjacent to an activating group) is 2. The molecule has 0 radical (unpaired) electrons. The van der Waals surface area contributed by atoms with Crippen LogP contribution in [0.4, 0.5) is 10.5 Å². The van der Waals surface area contributed by atoms with E-state index in [4.69, 9.17) is 20.9 Å². The summed E-state index contributed by atoms with van der Waals surface area (Å²) in [7, 11) is 6.67. The number of methoxy groups -OCH3 is 2.